The maximum absolute atomic E-state index is 3.72. The molecule has 0 aromatic rings. The molecule has 0 amide bonds. The Labute approximate surface area is 64.0 Å². The second-order valence-corrected chi connectivity index (χ2v) is 2.13. The highest BCUT2D eigenvalue weighted by Crippen LogP contribution is 2.07. The van der Waals surface area contributed by atoms with Gasteiger partial charge in [0.25, 0.3) is 0 Å². The van der Waals surface area contributed by atoms with Gasteiger partial charge in [-0.25, -0.2) is 0 Å². The third-order valence-electron chi connectivity index (χ3n) is 1.41. The number of hydrogen-bond donors (Lipinski definition) is 0. The third-order valence-corrected chi connectivity index (χ3v) is 1.41. The smallest absolute Gasteiger partial charge is 0.0173 e. The fourth-order valence-corrected chi connectivity index (χ4v) is 0.700. The van der Waals surface area contributed by atoms with E-state index in [0.29, 0.717) is 5.92 Å². The monoisotopic (exact) mass is 135 g/mol. The van der Waals surface area contributed by atoms with Gasteiger partial charge in [0.2, 0.25) is 0 Å². The Kier molecular flexibility index (Phi) is 5.85. The van der Waals surface area contributed by atoms with E-state index in [9.17, 15) is 0 Å². The van der Waals surface area contributed by atoms with Crippen LogP contribution in [-0.2, 0) is 0 Å². The molecule has 0 aromatic heterocycles. The minimum atomic E-state index is 0.510. The molecule has 1 unspecified atom stereocenters. The molecule has 0 aliphatic rings. The van der Waals surface area contributed by atoms with Crippen molar-refractivity contribution in [3.8, 4) is 0 Å². The zero-order chi connectivity index (χ0) is 7.82. The van der Waals surface area contributed by atoms with E-state index in [-0.39, 0.29) is 0 Å². The van der Waals surface area contributed by atoms with Crippen LogP contribution < -0.4 is 0 Å². The molecule has 0 bridgehead atoms. The van der Waals surface area contributed by atoms with Crippen LogP contribution in [0.4, 0.5) is 0 Å². The molecule has 0 aromatic carbocycles. The van der Waals surface area contributed by atoms with E-state index in [1.165, 1.54) is 0 Å². The molecule has 10 heavy (non-hydrogen) atoms. The maximum Gasteiger partial charge on any atom is -0.0173 e. The summed E-state index contributed by atoms with van der Waals surface area (Å²) in [5.74, 6) is 0.510. The van der Waals surface area contributed by atoms with Crippen LogP contribution in [-0.4, -0.2) is 0 Å². The van der Waals surface area contributed by atoms with Gasteiger partial charge in [-0.05, 0) is 18.8 Å². The van der Waals surface area contributed by atoms with Gasteiger partial charge in [0, 0.05) is 0 Å². The fourth-order valence-electron chi connectivity index (χ4n) is 0.700. The molecular formula is C10H15. The minimum absolute atomic E-state index is 0.510. The van der Waals surface area contributed by atoms with Gasteiger partial charge in [-0.1, -0.05) is 37.8 Å². The van der Waals surface area contributed by atoms with Crippen LogP contribution in [0.1, 0.15) is 13.3 Å². The van der Waals surface area contributed by atoms with Crippen LogP contribution >= 0.6 is 0 Å². The molecule has 55 valence electrons. The standard InChI is InChI=1S/C10H15/c1-4-7-8-9-10(5-2)6-3/h4-8,10H,1-2,9H2,3H3/b8-7+. The van der Waals surface area contributed by atoms with E-state index in [2.05, 4.69) is 25.7 Å². The Morgan fingerprint density at radius 1 is 1.40 bits per heavy atom. The molecule has 0 spiro atoms. The van der Waals surface area contributed by atoms with Crippen molar-refractivity contribution in [3.05, 3.63) is 43.9 Å². The summed E-state index contributed by atoms with van der Waals surface area (Å²) >= 11 is 0. The quantitative estimate of drug-likeness (QED) is 0.401. The number of allylic oxidation sites excluding steroid dienone is 4. The summed E-state index contributed by atoms with van der Waals surface area (Å²) in [6.07, 6.45) is 11.0. The van der Waals surface area contributed by atoms with Crippen molar-refractivity contribution in [2.75, 3.05) is 0 Å². The molecule has 0 nitrogen and oxygen atoms in total. The highest BCUT2D eigenvalue weighted by atomic mass is 14.0. The summed E-state index contributed by atoms with van der Waals surface area (Å²) < 4.78 is 0. The van der Waals surface area contributed by atoms with Crippen molar-refractivity contribution in [1.82, 2.24) is 0 Å². The molecule has 1 radical (unpaired) electrons. The largest absolute Gasteiger partial charge is 0.103 e. The summed E-state index contributed by atoms with van der Waals surface area (Å²) in [7, 11) is 0. The van der Waals surface area contributed by atoms with Crippen LogP contribution in [0, 0.1) is 12.3 Å². The zero-order valence-corrected chi connectivity index (χ0v) is 6.59. The number of hydrogen-bond acceptors (Lipinski definition) is 0. The second-order valence-electron chi connectivity index (χ2n) is 2.13. The van der Waals surface area contributed by atoms with Crippen LogP contribution in [0.15, 0.2) is 37.5 Å². The normalized spacial score (nSPS) is 13.3. The van der Waals surface area contributed by atoms with Gasteiger partial charge in [-0.2, -0.15) is 0 Å². The van der Waals surface area contributed by atoms with Crippen molar-refractivity contribution in [2.45, 2.75) is 13.3 Å². The van der Waals surface area contributed by atoms with E-state index in [0.717, 1.165) is 6.42 Å². The lowest BCUT2D eigenvalue weighted by Crippen LogP contribution is -1.90. The first kappa shape index (κ1) is 9.22. The van der Waals surface area contributed by atoms with Gasteiger partial charge >= 0.3 is 0 Å². The van der Waals surface area contributed by atoms with Crippen molar-refractivity contribution in [3.63, 3.8) is 0 Å². The van der Waals surface area contributed by atoms with E-state index in [1.54, 1.807) is 6.08 Å². The summed E-state index contributed by atoms with van der Waals surface area (Å²) in [6, 6.07) is 0. The van der Waals surface area contributed by atoms with Crippen LogP contribution in [0.3, 0.4) is 0 Å². The molecule has 0 N–H and O–H groups in total. The lowest BCUT2D eigenvalue weighted by molar-refractivity contribution is 0.770. The van der Waals surface area contributed by atoms with E-state index in [4.69, 9.17) is 0 Å². The van der Waals surface area contributed by atoms with Crippen molar-refractivity contribution in [2.24, 2.45) is 5.92 Å². The van der Waals surface area contributed by atoms with Gasteiger partial charge in [0.1, 0.15) is 0 Å². The topological polar surface area (TPSA) is 0 Å². The fraction of sp³-hybridized carbons (Fsp3) is 0.300. The SMILES string of the molecule is C=C/C=C/CC([CH]C)C=C. The predicted octanol–water partition coefficient (Wildman–Crippen LogP) is 3.15. The van der Waals surface area contributed by atoms with Gasteiger partial charge in [-0.3, -0.25) is 0 Å². The molecular weight excluding hydrogens is 120 g/mol. The van der Waals surface area contributed by atoms with Gasteiger partial charge in [-0.15, -0.1) is 6.58 Å². The molecule has 0 heterocycles. The molecule has 1 atom stereocenters. The molecule has 0 saturated heterocycles. The Morgan fingerprint density at radius 3 is 2.50 bits per heavy atom. The Balaban J connectivity index is 3.52. The molecule has 0 heteroatoms. The summed E-state index contributed by atoms with van der Waals surface area (Å²) in [4.78, 5) is 0. The van der Waals surface area contributed by atoms with E-state index < -0.39 is 0 Å². The lowest BCUT2D eigenvalue weighted by atomic mass is 10.0. The first-order chi connectivity index (χ1) is 4.85. The summed E-state index contributed by atoms with van der Waals surface area (Å²) in [5, 5.41) is 0. The predicted molar refractivity (Wildman–Crippen MR) is 47.6 cm³/mol. The molecule has 0 fully saturated rings. The Bertz CT molecular complexity index is 120. The van der Waals surface area contributed by atoms with Crippen LogP contribution in [0.25, 0.3) is 0 Å². The second kappa shape index (κ2) is 6.34. The highest BCUT2D eigenvalue weighted by molar-refractivity contribution is 5.01. The van der Waals surface area contributed by atoms with Crippen LogP contribution in [0.5, 0.6) is 0 Å². The number of rotatable bonds is 5. The Morgan fingerprint density at radius 2 is 2.10 bits per heavy atom. The summed E-state index contributed by atoms with van der Waals surface area (Å²) in [5.41, 5.74) is 0. The molecule has 0 aliphatic heterocycles. The first-order valence-electron chi connectivity index (χ1n) is 3.54. The van der Waals surface area contributed by atoms with Gasteiger partial charge in [0.15, 0.2) is 0 Å². The van der Waals surface area contributed by atoms with Gasteiger partial charge < -0.3 is 0 Å². The Hall–Kier alpha value is -0.780. The minimum Gasteiger partial charge on any atom is -0.103 e. The van der Waals surface area contributed by atoms with Crippen molar-refractivity contribution >= 4 is 0 Å². The summed E-state index contributed by atoms with van der Waals surface area (Å²) in [6.45, 7) is 9.36. The maximum atomic E-state index is 3.72. The van der Waals surface area contributed by atoms with E-state index in [1.807, 2.05) is 19.1 Å². The van der Waals surface area contributed by atoms with Crippen LogP contribution in [0.2, 0.25) is 0 Å². The molecule has 0 aliphatic carbocycles. The zero-order valence-electron chi connectivity index (χ0n) is 6.59. The molecule has 0 saturated carbocycles. The first-order valence-corrected chi connectivity index (χ1v) is 3.54. The lowest BCUT2D eigenvalue weighted by Gasteiger charge is -2.02. The van der Waals surface area contributed by atoms with Gasteiger partial charge in [0.05, 0.1) is 0 Å². The van der Waals surface area contributed by atoms with Crippen molar-refractivity contribution < 1.29 is 0 Å². The third kappa shape index (κ3) is 4.13. The van der Waals surface area contributed by atoms with Crippen molar-refractivity contribution in [1.29, 1.82) is 0 Å². The average molecular weight is 135 g/mol. The molecule has 0 rings (SSSR count). The van der Waals surface area contributed by atoms with E-state index >= 15 is 0 Å². The highest BCUT2D eigenvalue weighted by Gasteiger charge is 1.95. The average Bonchev–Trinajstić information content (AvgIpc) is 1.99.